The Morgan fingerprint density at radius 1 is 1.38 bits per heavy atom. The molecule has 0 fully saturated rings. The lowest BCUT2D eigenvalue weighted by molar-refractivity contribution is 0.0692. The van der Waals surface area contributed by atoms with Gasteiger partial charge in [0.15, 0.2) is 5.16 Å². The van der Waals surface area contributed by atoms with Crippen LogP contribution in [-0.4, -0.2) is 26.0 Å². The van der Waals surface area contributed by atoms with Gasteiger partial charge in [-0.15, -0.1) is 0 Å². The number of carboxylic acid groups (broad SMARTS) is 1. The summed E-state index contributed by atoms with van der Waals surface area (Å²) in [5.41, 5.74) is 3.05. The van der Waals surface area contributed by atoms with Crippen molar-refractivity contribution in [3.8, 4) is 0 Å². The van der Waals surface area contributed by atoms with Gasteiger partial charge < -0.3 is 10.1 Å². The molecule has 0 saturated carbocycles. The molecule has 2 aromatic heterocycles. The maximum Gasteiger partial charge on any atom is 0.338 e. The first-order valence-corrected chi connectivity index (χ1v) is 7.67. The van der Waals surface area contributed by atoms with Crippen LogP contribution >= 0.6 is 27.7 Å². The normalized spacial score (nSPS) is 11.0. The third-order valence-electron chi connectivity index (χ3n) is 2.86. The Morgan fingerprint density at radius 3 is 2.95 bits per heavy atom. The van der Waals surface area contributed by atoms with Crippen molar-refractivity contribution in [1.29, 1.82) is 0 Å². The van der Waals surface area contributed by atoms with Crippen molar-refractivity contribution in [3.05, 3.63) is 46.1 Å². The number of hydrogen-bond donors (Lipinski definition) is 2. The van der Waals surface area contributed by atoms with Crippen LogP contribution in [0, 0.1) is 6.92 Å². The molecular formula is C14H10BrN3O2S. The maximum absolute atomic E-state index is 11.3. The summed E-state index contributed by atoms with van der Waals surface area (Å²) in [6.07, 6.45) is 1.57. The van der Waals surface area contributed by atoms with Crippen LogP contribution in [0.25, 0.3) is 11.0 Å². The highest BCUT2D eigenvalue weighted by atomic mass is 79.9. The summed E-state index contributed by atoms with van der Waals surface area (Å²) in [7, 11) is 0. The molecule has 3 rings (SSSR count). The molecule has 0 amide bonds. The molecule has 106 valence electrons. The number of aryl methyl sites for hydroxylation is 1. The quantitative estimate of drug-likeness (QED) is 0.738. The van der Waals surface area contributed by atoms with E-state index in [1.807, 2.05) is 25.1 Å². The molecule has 0 radical (unpaired) electrons. The molecule has 3 aromatic rings. The number of nitrogens with one attached hydrogen (secondary N) is 1. The number of carbonyl (C=O) groups is 1. The Morgan fingerprint density at radius 2 is 2.19 bits per heavy atom. The van der Waals surface area contributed by atoms with E-state index in [1.54, 1.807) is 6.20 Å². The molecule has 0 bridgehead atoms. The summed E-state index contributed by atoms with van der Waals surface area (Å²) in [4.78, 5) is 23.0. The SMILES string of the molecule is Cc1ccc2nc(Sc3ncc(Br)cc3C(=O)O)[nH]c2c1. The second-order valence-electron chi connectivity index (χ2n) is 4.48. The van der Waals surface area contributed by atoms with Crippen molar-refractivity contribution >= 4 is 44.7 Å². The van der Waals surface area contributed by atoms with Crippen LogP contribution in [0.15, 0.2) is 45.1 Å². The van der Waals surface area contributed by atoms with Gasteiger partial charge in [0.2, 0.25) is 0 Å². The van der Waals surface area contributed by atoms with Gasteiger partial charge in [-0.3, -0.25) is 0 Å². The molecule has 21 heavy (non-hydrogen) atoms. The van der Waals surface area contributed by atoms with E-state index in [0.717, 1.165) is 16.6 Å². The van der Waals surface area contributed by atoms with E-state index in [4.69, 9.17) is 0 Å². The molecule has 0 unspecified atom stereocenters. The fourth-order valence-corrected chi connectivity index (χ4v) is 3.08. The van der Waals surface area contributed by atoms with Crippen LogP contribution in [0.1, 0.15) is 15.9 Å². The van der Waals surface area contributed by atoms with Gasteiger partial charge in [-0.25, -0.2) is 14.8 Å². The van der Waals surface area contributed by atoms with E-state index in [1.165, 1.54) is 17.8 Å². The van der Waals surface area contributed by atoms with E-state index in [-0.39, 0.29) is 5.56 Å². The number of aromatic amines is 1. The standard InChI is InChI=1S/C14H10BrN3O2S/c1-7-2-3-10-11(4-7)18-14(17-10)21-12-9(13(19)20)5-8(15)6-16-12/h2-6H,1H3,(H,17,18)(H,19,20). The molecular weight excluding hydrogens is 354 g/mol. The van der Waals surface area contributed by atoms with E-state index in [9.17, 15) is 9.90 Å². The summed E-state index contributed by atoms with van der Waals surface area (Å²) in [5.74, 6) is -1.02. The molecule has 0 saturated heterocycles. The summed E-state index contributed by atoms with van der Waals surface area (Å²) in [5, 5.41) is 10.3. The van der Waals surface area contributed by atoms with Crippen LogP contribution in [-0.2, 0) is 0 Å². The predicted octanol–water partition coefficient (Wildman–Crippen LogP) is 3.88. The molecule has 7 heteroatoms. The van der Waals surface area contributed by atoms with Crippen molar-refractivity contribution in [2.24, 2.45) is 0 Å². The first-order chi connectivity index (χ1) is 10.0. The van der Waals surface area contributed by atoms with Crippen LogP contribution in [0.5, 0.6) is 0 Å². The van der Waals surface area contributed by atoms with Gasteiger partial charge in [-0.1, -0.05) is 6.07 Å². The number of benzene rings is 1. The van der Waals surface area contributed by atoms with E-state index in [2.05, 4.69) is 30.9 Å². The van der Waals surface area contributed by atoms with E-state index >= 15 is 0 Å². The third kappa shape index (κ3) is 2.93. The predicted molar refractivity (Wildman–Crippen MR) is 83.9 cm³/mol. The Kier molecular flexibility index (Phi) is 3.69. The van der Waals surface area contributed by atoms with Gasteiger partial charge in [-0.05, 0) is 58.4 Å². The van der Waals surface area contributed by atoms with Gasteiger partial charge in [0.1, 0.15) is 5.03 Å². The number of rotatable bonds is 3. The number of aromatic nitrogens is 3. The zero-order chi connectivity index (χ0) is 15.0. The summed E-state index contributed by atoms with van der Waals surface area (Å²) >= 11 is 4.43. The average Bonchev–Trinajstić information content (AvgIpc) is 2.82. The Hall–Kier alpha value is -1.86. The number of imidazole rings is 1. The van der Waals surface area contributed by atoms with Gasteiger partial charge in [0.05, 0.1) is 16.6 Å². The van der Waals surface area contributed by atoms with Crippen molar-refractivity contribution in [3.63, 3.8) is 0 Å². The van der Waals surface area contributed by atoms with E-state index in [0.29, 0.717) is 14.7 Å². The largest absolute Gasteiger partial charge is 0.478 e. The second kappa shape index (κ2) is 5.50. The Balaban J connectivity index is 2.00. The molecule has 0 aliphatic rings. The second-order valence-corrected chi connectivity index (χ2v) is 6.37. The van der Waals surface area contributed by atoms with Crippen LogP contribution in [0.3, 0.4) is 0 Å². The van der Waals surface area contributed by atoms with Crippen LogP contribution in [0.4, 0.5) is 0 Å². The van der Waals surface area contributed by atoms with Gasteiger partial charge in [0, 0.05) is 10.7 Å². The number of halogens is 1. The Labute approximate surface area is 132 Å². The lowest BCUT2D eigenvalue weighted by atomic mass is 10.2. The van der Waals surface area contributed by atoms with Crippen molar-refractivity contribution in [1.82, 2.24) is 15.0 Å². The monoisotopic (exact) mass is 363 g/mol. The van der Waals surface area contributed by atoms with Gasteiger partial charge >= 0.3 is 5.97 Å². The molecule has 5 nitrogen and oxygen atoms in total. The minimum absolute atomic E-state index is 0.144. The summed E-state index contributed by atoms with van der Waals surface area (Å²) in [6, 6.07) is 7.44. The molecule has 0 atom stereocenters. The van der Waals surface area contributed by atoms with Crippen LogP contribution in [0.2, 0.25) is 0 Å². The molecule has 0 spiro atoms. The number of aromatic carboxylic acids is 1. The highest BCUT2D eigenvalue weighted by Gasteiger charge is 2.15. The number of hydrogen-bond acceptors (Lipinski definition) is 4. The zero-order valence-corrected chi connectivity index (χ0v) is 13.3. The molecule has 1 aromatic carbocycles. The number of H-pyrrole nitrogens is 1. The maximum atomic E-state index is 11.3. The summed E-state index contributed by atoms with van der Waals surface area (Å²) < 4.78 is 0.629. The lowest BCUT2D eigenvalue weighted by Gasteiger charge is -2.02. The molecule has 2 N–H and O–H groups in total. The first kappa shape index (κ1) is 14.1. The topological polar surface area (TPSA) is 78.9 Å². The van der Waals surface area contributed by atoms with Crippen molar-refractivity contribution in [2.45, 2.75) is 17.1 Å². The van der Waals surface area contributed by atoms with E-state index < -0.39 is 5.97 Å². The van der Waals surface area contributed by atoms with Crippen LogP contribution < -0.4 is 0 Å². The lowest BCUT2D eigenvalue weighted by Crippen LogP contribution is -2.00. The number of fused-ring (bicyclic) bond motifs is 1. The van der Waals surface area contributed by atoms with Crippen molar-refractivity contribution in [2.75, 3.05) is 0 Å². The minimum Gasteiger partial charge on any atom is -0.478 e. The minimum atomic E-state index is -1.02. The Bertz CT molecular complexity index is 847. The molecule has 0 aliphatic carbocycles. The van der Waals surface area contributed by atoms with Gasteiger partial charge in [0.25, 0.3) is 0 Å². The fraction of sp³-hybridized carbons (Fsp3) is 0.0714. The first-order valence-electron chi connectivity index (χ1n) is 6.06. The molecule has 0 aliphatic heterocycles. The van der Waals surface area contributed by atoms with Crippen molar-refractivity contribution < 1.29 is 9.90 Å². The highest BCUT2D eigenvalue weighted by Crippen LogP contribution is 2.29. The summed E-state index contributed by atoms with van der Waals surface area (Å²) in [6.45, 7) is 2.01. The fourth-order valence-electron chi connectivity index (χ4n) is 1.90. The smallest absolute Gasteiger partial charge is 0.338 e. The van der Waals surface area contributed by atoms with Gasteiger partial charge in [-0.2, -0.15) is 0 Å². The highest BCUT2D eigenvalue weighted by molar-refractivity contribution is 9.10. The zero-order valence-electron chi connectivity index (χ0n) is 10.9. The molecule has 2 heterocycles. The number of carboxylic acids is 1. The number of pyridine rings is 1. The third-order valence-corrected chi connectivity index (χ3v) is 4.20. The number of nitrogens with zero attached hydrogens (tertiary/aromatic N) is 2. The average molecular weight is 364 g/mol.